The summed E-state index contributed by atoms with van der Waals surface area (Å²) >= 11 is 3.35. The molecule has 0 aromatic rings. The molecule has 11 heavy (non-hydrogen) atoms. The zero-order chi connectivity index (χ0) is 8.53. The molecule has 0 saturated heterocycles. The van der Waals surface area contributed by atoms with Crippen LogP contribution >= 0.6 is 15.9 Å². The molecule has 0 unspecified atom stereocenters. The molecule has 0 aliphatic heterocycles. The summed E-state index contributed by atoms with van der Waals surface area (Å²) in [6.45, 7) is 0.232. The highest BCUT2D eigenvalue weighted by Crippen LogP contribution is 2.09. The molecular formula is C8H17BrO2. The van der Waals surface area contributed by atoms with Gasteiger partial charge in [-0.15, -0.1) is 0 Å². The number of alkyl halides is 1. The number of unbranched alkanes of at least 4 members (excludes halogenated alkanes) is 2. The van der Waals surface area contributed by atoms with Crippen molar-refractivity contribution in [3.05, 3.63) is 0 Å². The Kier molecular flexibility index (Phi) is 8.81. The lowest BCUT2D eigenvalue weighted by Crippen LogP contribution is -2.10. The molecule has 0 amide bonds. The van der Waals surface area contributed by atoms with Gasteiger partial charge in [0.15, 0.2) is 0 Å². The van der Waals surface area contributed by atoms with Crippen molar-refractivity contribution < 1.29 is 10.2 Å². The van der Waals surface area contributed by atoms with E-state index in [1.807, 2.05) is 0 Å². The van der Waals surface area contributed by atoms with Crippen LogP contribution in [-0.2, 0) is 0 Å². The topological polar surface area (TPSA) is 40.5 Å². The van der Waals surface area contributed by atoms with Crippen molar-refractivity contribution in [2.75, 3.05) is 18.5 Å². The second kappa shape index (κ2) is 8.50. The van der Waals surface area contributed by atoms with Crippen LogP contribution in [0.15, 0.2) is 0 Å². The smallest absolute Gasteiger partial charge is 0.0481 e. The Balaban J connectivity index is 3.07. The minimum Gasteiger partial charge on any atom is -0.396 e. The fourth-order valence-electron chi connectivity index (χ4n) is 0.945. The summed E-state index contributed by atoms with van der Waals surface area (Å²) < 4.78 is 0. The highest BCUT2D eigenvalue weighted by atomic mass is 79.9. The van der Waals surface area contributed by atoms with Gasteiger partial charge in [0.1, 0.15) is 0 Å². The first-order valence-electron chi connectivity index (χ1n) is 4.12. The average molecular weight is 225 g/mol. The van der Waals surface area contributed by atoms with Crippen LogP contribution in [0.25, 0.3) is 0 Å². The lowest BCUT2D eigenvalue weighted by molar-refractivity contribution is 0.141. The molecule has 0 aromatic carbocycles. The van der Waals surface area contributed by atoms with Gasteiger partial charge in [0, 0.05) is 24.5 Å². The molecule has 0 aliphatic rings. The third-order valence-electron chi connectivity index (χ3n) is 1.76. The molecule has 0 rings (SSSR count). The molecule has 0 aromatic heterocycles. The average Bonchev–Trinajstić information content (AvgIpc) is 2.05. The molecule has 0 aliphatic carbocycles. The predicted octanol–water partition coefficient (Wildman–Crippen LogP) is 1.54. The quantitative estimate of drug-likeness (QED) is 0.509. The van der Waals surface area contributed by atoms with Crippen molar-refractivity contribution in [1.29, 1.82) is 0 Å². The van der Waals surface area contributed by atoms with Crippen molar-refractivity contribution in [3.8, 4) is 0 Å². The van der Waals surface area contributed by atoms with E-state index in [-0.39, 0.29) is 19.1 Å². The van der Waals surface area contributed by atoms with Crippen LogP contribution in [0.2, 0.25) is 0 Å². The predicted molar refractivity (Wildman–Crippen MR) is 49.9 cm³/mol. The van der Waals surface area contributed by atoms with Gasteiger partial charge in [0.2, 0.25) is 0 Å². The number of halogens is 1. The molecule has 0 fully saturated rings. The number of hydrogen-bond acceptors (Lipinski definition) is 2. The van der Waals surface area contributed by atoms with Crippen molar-refractivity contribution in [2.45, 2.75) is 25.7 Å². The summed E-state index contributed by atoms with van der Waals surface area (Å²) in [6, 6.07) is 0. The first-order valence-corrected chi connectivity index (χ1v) is 5.25. The third-order valence-corrected chi connectivity index (χ3v) is 2.32. The summed E-state index contributed by atoms with van der Waals surface area (Å²) in [7, 11) is 0. The Labute approximate surface area is 76.7 Å². The second-order valence-corrected chi connectivity index (χ2v) is 3.56. The maximum atomic E-state index is 8.71. The highest BCUT2D eigenvalue weighted by molar-refractivity contribution is 9.09. The van der Waals surface area contributed by atoms with E-state index in [1.165, 1.54) is 12.8 Å². The second-order valence-electron chi connectivity index (χ2n) is 2.77. The van der Waals surface area contributed by atoms with E-state index in [2.05, 4.69) is 15.9 Å². The van der Waals surface area contributed by atoms with Gasteiger partial charge in [-0.05, 0) is 12.8 Å². The lowest BCUT2D eigenvalue weighted by Gasteiger charge is -2.09. The molecule has 0 heterocycles. The fourth-order valence-corrected chi connectivity index (χ4v) is 1.34. The van der Waals surface area contributed by atoms with Gasteiger partial charge in [-0.2, -0.15) is 0 Å². The van der Waals surface area contributed by atoms with Crippen molar-refractivity contribution in [3.63, 3.8) is 0 Å². The van der Waals surface area contributed by atoms with Gasteiger partial charge in [0.05, 0.1) is 0 Å². The molecule has 0 spiro atoms. The van der Waals surface area contributed by atoms with Crippen LogP contribution in [0.3, 0.4) is 0 Å². The van der Waals surface area contributed by atoms with Crippen molar-refractivity contribution in [1.82, 2.24) is 0 Å². The van der Waals surface area contributed by atoms with E-state index < -0.39 is 0 Å². The van der Waals surface area contributed by atoms with Gasteiger partial charge in [-0.1, -0.05) is 28.8 Å². The van der Waals surface area contributed by atoms with Crippen LogP contribution in [0.4, 0.5) is 0 Å². The van der Waals surface area contributed by atoms with Gasteiger partial charge in [0.25, 0.3) is 0 Å². The fraction of sp³-hybridized carbons (Fsp3) is 1.00. The Bertz CT molecular complexity index is 74.5. The Morgan fingerprint density at radius 1 is 1.00 bits per heavy atom. The molecule has 0 bridgehead atoms. The zero-order valence-corrected chi connectivity index (χ0v) is 8.39. The minimum atomic E-state index is 0.102. The van der Waals surface area contributed by atoms with E-state index in [0.29, 0.717) is 0 Å². The van der Waals surface area contributed by atoms with Gasteiger partial charge in [-0.25, -0.2) is 0 Å². The van der Waals surface area contributed by atoms with E-state index in [1.54, 1.807) is 0 Å². The highest BCUT2D eigenvalue weighted by Gasteiger charge is 2.03. The normalized spacial score (nSPS) is 10.9. The standard InChI is InChI=1S/C8H17BrO2/c9-5-3-1-2-4-8(6-10)7-11/h8,10-11H,1-7H2. The monoisotopic (exact) mass is 224 g/mol. The summed E-state index contributed by atoms with van der Waals surface area (Å²) in [5.41, 5.74) is 0. The molecule has 0 radical (unpaired) electrons. The molecular weight excluding hydrogens is 208 g/mol. The van der Waals surface area contributed by atoms with Gasteiger partial charge >= 0.3 is 0 Å². The van der Waals surface area contributed by atoms with Crippen LogP contribution in [0.5, 0.6) is 0 Å². The summed E-state index contributed by atoms with van der Waals surface area (Å²) in [4.78, 5) is 0. The largest absolute Gasteiger partial charge is 0.396 e. The number of aliphatic hydroxyl groups is 2. The lowest BCUT2D eigenvalue weighted by atomic mass is 10.0. The SMILES string of the molecule is OCC(CO)CCCCCBr. The van der Waals surface area contributed by atoms with Crippen LogP contribution in [-0.4, -0.2) is 28.8 Å². The first kappa shape index (κ1) is 11.4. The van der Waals surface area contributed by atoms with E-state index in [9.17, 15) is 0 Å². The summed E-state index contributed by atoms with van der Waals surface area (Å²) in [5.74, 6) is 0.102. The zero-order valence-electron chi connectivity index (χ0n) is 6.80. The number of rotatable bonds is 7. The van der Waals surface area contributed by atoms with Crippen LogP contribution in [0.1, 0.15) is 25.7 Å². The molecule has 2 nitrogen and oxygen atoms in total. The van der Waals surface area contributed by atoms with Gasteiger partial charge in [-0.3, -0.25) is 0 Å². The molecule has 2 N–H and O–H groups in total. The summed E-state index contributed by atoms with van der Waals surface area (Å²) in [5, 5.41) is 18.5. The van der Waals surface area contributed by atoms with Crippen molar-refractivity contribution in [2.24, 2.45) is 5.92 Å². The van der Waals surface area contributed by atoms with Gasteiger partial charge < -0.3 is 10.2 Å². The molecule has 3 heteroatoms. The van der Waals surface area contributed by atoms with Crippen LogP contribution in [0, 0.1) is 5.92 Å². The molecule has 0 saturated carbocycles. The maximum Gasteiger partial charge on any atom is 0.0481 e. The minimum absolute atomic E-state index is 0.102. The number of aliphatic hydroxyl groups excluding tert-OH is 2. The Morgan fingerprint density at radius 3 is 2.09 bits per heavy atom. The van der Waals surface area contributed by atoms with E-state index in [0.717, 1.165) is 18.2 Å². The Morgan fingerprint density at radius 2 is 1.64 bits per heavy atom. The summed E-state index contributed by atoms with van der Waals surface area (Å²) in [6.07, 6.45) is 4.42. The molecule has 68 valence electrons. The van der Waals surface area contributed by atoms with Crippen molar-refractivity contribution >= 4 is 15.9 Å². The molecule has 0 atom stereocenters. The third kappa shape index (κ3) is 6.78. The van der Waals surface area contributed by atoms with Crippen LogP contribution < -0.4 is 0 Å². The number of hydrogen-bond donors (Lipinski definition) is 2. The maximum absolute atomic E-state index is 8.71. The Hall–Kier alpha value is 0.400. The first-order chi connectivity index (χ1) is 5.35. The van der Waals surface area contributed by atoms with E-state index in [4.69, 9.17) is 10.2 Å². The van der Waals surface area contributed by atoms with E-state index >= 15 is 0 Å².